The SMILES string of the molecule is CC.COC(=O)CC(NC(=O)OC(C)(C)C)c1ccc(-c2ccc(OCc3ccccc3)c3ccccc23)cc1. The van der Waals surface area contributed by atoms with Crippen molar-refractivity contribution in [2.24, 2.45) is 0 Å². The number of carbonyl (C=O) groups is 2. The minimum absolute atomic E-state index is 0.00846. The van der Waals surface area contributed by atoms with Crippen molar-refractivity contribution >= 4 is 22.8 Å². The van der Waals surface area contributed by atoms with Gasteiger partial charge in [-0.3, -0.25) is 4.79 Å². The highest BCUT2D eigenvalue weighted by Gasteiger charge is 2.23. The largest absolute Gasteiger partial charge is 0.488 e. The summed E-state index contributed by atoms with van der Waals surface area (Å²) in [5.41, 5.74) is 3.30. The smallest absolute Gasteiger partial charge is 0.408 e. The van der Waals surface area contributed by atoms with Crippen LogP contribution in [0, 0.1) is 0 Å². The van der Waals surface area contributed by atoms with E-state index >= 15 is 0 Å². The molecule has 0 heterocycles. The number of amides is 1. The number of alkyl carbamates (subject to hydrolysis) is 1. The quantitative estimate of drug-likeness (QED) is 0.227. The highest BCUT2D eigenvalue weighted by molar-refractivity contribution is 6.00. The summed E-state index contributed by atoms with van der Waals surface area (Å²) in [6.07, 6.45) is -0.599. The lowest BCUT2D eigenvalue weighted by atomic mass is 9.95. The summed E-state index contributed by atoms with van der Waals surface area (Å²) in [5, 5.41) is 4.90. The van der Waals surface area contributed by atoms with E-state index in [2.05, 4.69) is 23.5 Å². The number of carbonyl (C=O) groups excluding carboxylic acids is 2. The Bertz CT molecular complexity index is 1390. The van der Waals surface area contributed by atoms with Crippen molar-refractivity contribution in [3.05, 3.63) is 102 Å². The predicted octanol–water partition coefficient (Wildman–Crippen LogP) is 8.24. The van der Waals surface area contributed by atoms with Crippen molar-refractivity contribution in [3.8, 4) is 16.9 Å². The van der Waals surface area contributed by atoms with E-state index in [4.69, 9.17) is 14.2 Å². The number of esters is 1. The molecule has 6 heteroatoms. The van der Waals surface area contributed by atoms with Gasteiger partial charge in [-0.05, 0) is 54.5 Å². The maximum Gasteiger partial charge on any atom is 0.408 e. The first-order valence-electron chi connectivity index (χ1n) is 13.6. The van der Waals surface area contributed by atoms with Crippen molar-refractivity contribution in [2.45, 2.75) is 59.3 Å². The van der Waals surface area contributed by atoms with E-state index in [0.717, 1.165) is 38.8 Å². The van der Waals surface area contributed by atoms with Gasteiger partial charge in [-0.15, -0.1) is 0 Å². The van der Waals surface area contributed by atoms with Gasteiger partial charge in [0.2, 0.25) is 0 Å². The third-order valence-electron chi connectivity index (χ3n) is 6.03. The Hall–Kier alpha value is -4.32. The molecule has 4 rings (SSSR count). The summed E-state index contributed by atoms with van der Waals surface area (Å²) < 4.78 is 16.4. The first-order valence-corrected chi connectivity index (χ1v) is 13.6. The molecular formula is C34H39NO5. The van der Waals surface area contributed by atoms with E-state index < -0.39 is 23.7 Å². The lowest BCUT2D eigenvalue weighted by Gasteiger charge is -2.23. The van der Waals surface area contributed by atoms with Gasteiger partial charge in [-0.1, -0.05) is 98.8 Å². The van der Waals surface area contributed by atoms with E-state index in [1.807, 2.05) is 86.6 Å². The van der Waals surface area contributed by atoms with Crippen LogP contribution in [0.1, 0.15) is 58.2 Å². The summed E-state index contributed by atoms with van der Waals surface area (Å²) >= 11 is 0. The van der Waals surface area contributed by atoms with Crippen molar-refractivity contribution in [3.63, 3.8) is 0 Å². The number of methoxy groups -OCH3 is 1. The zero-order chi connectivity index (χ0) is 29.1. The highest BCUT2D eigenvalue weighted by atomic mass is 16.6. The fourth-order valence-corrected chi connectivity index (χ4v) is 4.23. The molecular weight excluding hydrogens is 502 g/mol. The molecule has 0 saturated heterocycles. The first-order chi connectivity index (χ1) is 19.2. The second-order valence-electron chi connectivity index (χ2n) is 10.0. The Labute approximate surface area is 237 Å². The summed E-state index contributed by atoms with van der Waals surface area (Å²) in [4.78, 5) is 24.5. The van der Waals surface area contributed by atoms with Crippen molar-refractivity contribution in [2.75, 3.05) is 7.11 Å². The molecule has 0 fully saturated rings. The van der Waals surface area contributed by atoms with Crippen LogP contribution in [0.3, 0.4) is 0 Å². The molecule has 0 aliphatic rings. The van der Waals surface area contributed by atoms with E-state index in [-0.39, 0.29) is 6.42 Å². The number of benzene rings is 4. The van der Waals surface area contributed by atoms with Crippen LogP contribution < -0.4 is 10.1 Å². The normalized spacial score (nSPS) is 11.6. The zero-order valence-electron chi connectivity index (χ0n) is 24.2. The standard InChI is InChI=1S/C32H33NO5.C2H6/c1-32(2,3)38-31(35)33-28(20-30(34)36-4)24-16-14-23(15-17-24)25-18-19-29(27-13-9-8-12-26(25)27)37-21-22-10-6-5-7-11-22;1-2/h5-19,28H,20-21H2,1-4H3,(H,33,35);1-2H3. The maximum absolute atomic E-state index is 12.4. The van der Waals surface area contributed by atoms with E-state index in [9.17, 15) is 9.59 Å². The highest BCUT2D eigenvalue weighted by Crippen LogP contribution is 2.35. The number of ether oxygens (including phenoxy) is 3. The van der Waals surface area contributed by atoms with Gasteiger partial charge in [0.1, 0.15) is 18.0 Å². The van der Waals surface area contributed by atoms with E-state index in [1.165, 1.54) is 7.11 Å². The Morgan fingerprint density at radius 3 is 2.05 bits per heavy atom. The lowest BCUT2D eigenvalue weighted by Crippen LogP contribution is -2.35. The molecule has 1 amide bonds. The van der Waals surface area contributed by atoms with Gasteiger partial charge >= 0.3 is 12.1 Å². The minimum Gasteiger partial charge on any atom is -0.488 e. The summed E-state index contributed by atoms with van der Waals surface area (Å²) in [5.74, 6) is 0.400. The summed E-state index contributed by atoms with van der Waals surface area (Å²) in [7, 11) is 1.33. The van der Waals surface area contributed by atoms with Gasteiger partial charge in [0, 0.05) is 5.39 Å². The number of hydrogen-bond donors (Lipinski definition) is 1. The third-order valence-corrected chi connectivity index (χ3v) is 6.03. The maximum atomic E-state index is 12.4. The minimum atomic E-state index is -0.651. The molecule has 4 aromatic carbocycles. The lowest BCUT2D eigenvalue weighted by molar-refractivity contribution is -0.141. The molecule has 6 nitrogen and oxygen atoms in total. The topological polar surface area (TPSA) is 73.9 Å². The average Bonchev–Trinajstić information content (AvgIpc) is 2.96. The molecule has 0 aromatic heterocycles. The molecule has 0 aliphatic carbocycles. The summed E-state index contributed by atoms with van der Waals surface area (Å²) in [6, 6.07) is 29.5. The van der Waals surface area contributed by atoms with Gasteiger partial charge < -0.3 is 19.5 Å². The van der Waals surface area contributed by atoms with Crippen molar-refractivity contribution in [1.29, 1.82) is 0 Å². The Morgan fingerprint density at radius 1 is 0.800 bits per heavy atom. The summed E-state index contributed by atoms with van der Waals surface area (Å²) in [6.45, 7) is 9.86. The first kappa shape index (κ1) is 30.2. The molecule has 0 bridgehead atoms. The van der Waals surface area contributed by atoms with Crippen LogP contribution in [-0.4, -0.2) is 24.8 Å². The monoisotopic (exact) mass is 541 g/mol. The van der Waals surface area contributed by atoms with Crippen LogP contribution in [0.2, 0.25) is 0 Å². The van der Waals surface area contributed by atoms with Crippen LogP contribution in [0.4, 0.5) is 4.79 Å². The molecule has 0 radical (unpaired) electrons. The van der Waals surface area contributed by atoms with Crippen LogP contribution >= 0.6 is 0 Å². The van der Waals surface area contributed by atoms with Crippen LogP contribution in [-0.2, 0) is 20.9 Å². The molecule has 0 spiro atoms. The Balaban J connectivity index is 0.00000216. The van der Waals surface area contributed by atoms with Gasteiger partial charge in [0.25, 0.3) is 0 Å². The predicted molar refractivity (Wildman–Crippen MR) is 160 cm³/mol. The van der Waals surface area contributed by atoms with E-state index in [0.29, 0.717) is 6.61 Å². The molecule has 1 atom stereocenters. The van der Waals surface area contributed by atoms with E-state index in [1.54, 1.807) is 20.8 Å². The second kappa shape index (κ2) is 14.2. The molecule has 0 saturated carbocycles. The van der Waals surface area contributed by atoms with Crippen molar-refractivity contribution < 1.29 is 23.8 Å². The van der Waals surface area contributed by atoms with Gasteiger partial charge in [-0.25, -0.2) is 4.79 Å². The van der Waals surface area contributed by atoms with Gasteiger partial charge in [-0.2, -0.15) is 0 Å². The molecule has 0 aliphatic heterocycles. The van der Waals surface area contributed by atoms with Crippen LogP contribution in [0.25, 0.3) is 21.9 Å². The second-order valence-corrected chi connectivity index (χ2v) is 10.0. The third kappa shape index (κ3) is 8.34. The molecule has 210 valence electrons. The molecule has 40 heavy (non-hydrogen) atoms. The average molecular weight is 542 g/mol. The van der Waals surface area contributed by atoms with Gasteiger partial charge in [0.05, 0.1) is 19.6 Å². The fraction of sp³-hybridized carbons (Fsp3) is 0.294. The van der Waals surface area contributed by atoms with Crippen molar-refractivity contribution in [1.82, 2.24) is 5.32 Å². The molecule has 4 aromatic rings. The fourth-order valence-electron chi connectivity index (χ4n) is 4.23. The number of nitrogens with one attached hydrogen (secondary N) is 1. The zero-order valence-corrected chi connectivity index (χ0v) is 24.2. The Morgan fingerprint density at radius 2 is 1.43 bits per heavy atom. The van der Waals surface area contributed by atoms with Crippen LogP contribution in [0.15, 0.2) is 91.0 Å². The molecule has 1 unspecified atom stereocenters. The number of rotatable bonds is 8. The number of hydrogen-bond acceptors (Lipinski definition) is 5. The Kier molecular flexibility index (Phi) is 10.7. The van der Waals surface area contributed by atoms with Gasteiger partial charge in [0.15, 0.2) is 0 Å². The molecule has 1 N–H and O–H groups in total. The van der Waals surface area contributed by atoms with Crippen LogP contribution in [0.5, 0.6) is 5.75 Å². The number of fused-ring (bicyclic) bond motifs is 1.